The normalized spacial score (nSPS) is 11.4. The first-order valence-corrected chi connectivity index (χ1v) is 5.73. The summed E-state index contributed by atoms with van der Waals surface area (Å²) in [6.07, 6.45) is -3.32. The zero-order valence-corrected chi connectivity index (χ0v) is 10.5. The summed E-state index contributed by atoms with van der Waals surface area (Å²) in [5, 5.41) is 9.16. The predicted molar refractivity (Wildman–Crippen MR) is 66.6 cm³/mol. The zero-order valence-electron chi connectivity index (χ0n) is 9.78. The quantitative estimate of drug-likeness (QED) is 0.907. The van der Waals surface area contributed by atoms with E-state index < -0.39 is 17.7 Å². The van der Waals surface area contributed by atoms with E-state index in [1.54, 1.807) is 0 Å². The van der Waals surface area contributed by atoms with Crippen molar-refractivity contribution in [3.8, 4) is 11.3 Å². The van der Waals surface area contributed by atoms with E-state index in [1.807, 2.05) is 0 Å². The highest BCUT2D eigenvalue weighted by atomic mass is 35.5. The van der Waals surface area contributed by atoms with Crippen LogP contribution >= 0.6 is 11.6 Å². The Morgan fingerprint density at radius 3 is 2.55 bits per heavy atom. The Bertz CT molecular complexity index is 671. The van der Waals surface area contributed by atoms with E-state index in [1.165, 1.54) is 18.3 Å². The lowest BCUT2D eigenvalue weighted by Crippen LogP contribution is -2.06. The molecule has 0 fully saturated rings. The van der Waals surface area contributed by atoms with Crippen LogP contribution in [0.4, 0.5) is 13.2 Å². The Morgan fingerprint density at radius 1 is 1.25 bits per heavy atom. The second kappa shape index (κ2) is 5.13. The molecule has 20 heavy (non-hydrogen) atoms. The lowest BCUT2D eigenvalue weighted by Gasteiger charge is -2.10. The maximum Gasteiger partial charge on any atom is 0.416 e. The summed E-state index contributed by atoms with van der Waals surface area (Å²) in [6, 6.07) is 5.45. The second-order valence-electron chi connectivity index (χ2n) is 3.93. The standard InChI is InChI=1S/C13H7ClF3NO2/c14-9-5-10(12(19)20)11(18-6-9)7-2-1-3-8(4-7)13(15,16)17/h1-6H,(H,19,20). The van der Waals surface area contributed by atoms with Crippen LogP contribution in [0.5, 0.6) is 0 Å². The molecule has 0 radical (unpaired) electrons. The molecule has 0 atom stereocenters. The van der Waals surface area contributed by atoms with Crippen molar-refractivity contribution in [3.05, 3.63) is 52.7 Å². The number of hydrogen-bond acceptors (Lipinski definition) is 2. The maximum absolute atomic E-state index is 12.6. The summed E-state index contributed by atoms with van der Waals surface area (Å²) in [7, 11) is 0. The van der Waals surface area contributed by atoms with Crippen LogP contribution in [0.1, 0.15) is 15.9 Å². The molecule has 0 aliphatic carbocycles. The number of hydrogen-bond donors (Lipinski definition) is 1. The van der Waals surface area contributed by atoms with Crippen molar-refractivity contribution >= 4 is 17.6 Å². The maximum atomic E-state index is 12.6. The minimum Gasteiger partial charge on any atom is -0.478 e. The monoisotopic (exact) mass is 301 g/mol. The highest BCUT2D eigenvalue weighted by molar-refractivity contribution is 6.30. The van der Waals surface area contributed by atoms with Gasteiger partial charge in [0.2, 0.25) is 0 Å². The van der Waals surface area contributed by atoms with Crippen molar-refractivity contribution in [1.29, 1.82) is 0 Å². The molecule has 2 aromatic rings. The number of pyridine rings is 1. The Kier molecular flexibility index (Phi) is 3.67. The third kappa shape index (κ3) is 2.91. The number of aromatic carboxylic acids is 1. The number of carboxylic acid groups (broad SMARTS) is 1. The molecule has 2 rings (SSSR count). The molecule has 1 N–H and O–H groups in total. The van der Waals surface area contributed by atoms with Crippen LogP contribution in [0.15, 0.2) is 36.5 Å². The molecule has 1 aromatic heterocycles. The van der Waals surface area contributed by atoms with Gasteiger partial charge in [0.1, 0.15) is 0 Å². The fourth-order valence-corrected chi connectivity index (χ4v) is 1.83. The van der Waals surface area contributed by atoms with E-state index in [0.29, 0.717) is 0 Å². The molecule has 0 saturated heterocycles. The van der Waals surface area contributed by atoms with Crippen molar-refractivity contribution in [3.63, 3.8) is 0 Å². The smallest absolute Gasteiger partial charge is 0.416 e. The molecule has 0 spiro atoms. The highest BCUT2D eigenvalue weighted by Gasteiger charge is 2.30. The van der Waals surface area contributed by atoms with Gasteiger partial charge in [0.05, 0.1) is 21.8 Å². The topological polar surface area (TPSA) is 50.2 Å². The van der Waals surface area contributed by atoms with Gasteiger partial charge in [0, 0.05) is 11.8 Å². The average molecular weight is 302 g/mol. The molecule has 0 aliphatic rings. The minimum atomic E-state index is -4.51. The van der Waals surface area contributed by atoms with Gasteiger partial charge >= 0.3 is 12.1 Å². The summed E-state index contributed by atoms with van der Waals surface area (Å²) in [4.78, 5) is 14.9. The molecule has 3 nitrogen and oxygen atoms in total. The molecule has 0 amide bonds. The predicted octanol–water partition coefficient (Wildman–Crippen LogP) is 4.12. The summed E-state index contributed by atoms with van der Waals surface area (Å²) in [5.41, 5.74) is -1.12. The van der Waals surface area contributed by atoms with Gasteiger partial charge in [-0.25, -0.2) is 4.79 Å². The average Bonchev–Trinajstić information content (AvgIpc) is 2.37. The molecule has 0 bridgehead atoms. The van der Waals surface area contributed by atoms with Crippen molar-refractivity contribution in [2.24, 2.45) is 0 Å². The van der Waals surface area contributed by atoms with Crippen molar-refractivity contribution < 1.29 is 23.1 Å². The van der Waals surface area contributed by atoms with Gasteiger partial charge < -0.3 is 5.11 Å². The number of aromatic nitrogens is 1. The van der Waals surface area contributed by atoms with E-state index in [9.17, 15) is 18.0 Å². The molecule has 0 aliphatic heterocycles. The van der Waals surface area contributed by atoms with Gasteiger partial charge in [-0.2, -0.15) is 13.2 Å². The molecule has 0 saturated carbocycles. The molecule has 104 valence electrons. The van der Waals surface area contributed by atoms with Crippen LogP contribution in [0.25, 0.3) is 11.3 Å². The van der Waals surface area contributed by atoms with Gasteiger partial charge in [-0.15, -0.1) is 0 Å². The lowest BCUT2D eigenvalue weighted by molar-refractivity contribution is -0.137. The third-order valence-corrected chi connectivity index (χ3v) is 2.75. The number of nitrogens with zero attached hydrogens (tertiary/aromatic N) is 1. The molecular formula is C13H7ClF3NO2. The van der Waals surface area contributed by atoms with Gasteiger partial charge in [-0.3, -0.25) is 4.98 Å². The summed E-state index contributed by atoms with van der Waals surface area (Å²) >= 11 is 5.65. The van der Waals surface area contributed by atoms with Crippen LogP contribution in [-0.4, -0.2) is 16.1 Å². The second-order valence-corrected chi connectivity index (χ2v) is 4.37. The highest BCUT2D eigenvalue weighted by Crippen LogP contribution is 2.32. The first-order valence-electron chi connectivity index (χ1n) is 5.35. The number of rotatable bonds is 2. The van der Waals surface area contributed by atoms with Gasteiger partial charge in [0.15, 0.2) is 0 Å². The van der Waals surface area contributed by atoms with E-state index in [2.05, 4.69) is 4.98 Å². The van der Waals surface area contributed by atoms with E-state index in [4.69, 9.17) is 16.7 Å². The summed E-state index contributed by atoms with van der Waals surface area (Å²) in [6.45, 7) is 0. The van der Waals surface area contributed by atoms with E-state index in [-0.39, 0.29) is 21.8 Å². The largest absolute Gasteiger partial charge is 0.478 e. The lowest BCUT2D eigenvalue weighted by atomic mass is 10.0. The fraction of sp³-hybridized carbons (Fsp3) is 0.0769. The Balaban J connectivity index is 2.60. The summed E-state index contributed by atoms with van der Waals surface area (Å²) in [5.74, 6) is -1.31. The number of halogens is 4. The SMILES string of the molecule is O=C(O)c1cc(Cl)cnc1-c1cccc(C(F)(F)F)c1. The summed E-state index contributed by atoms with van der Waals surface area (Å²) < 4.78 is 37.9. The third-order valence-electron chi connectivity index (χ3n) is 2.55. The van der Waals surface area contributed by atoms with Crippen molar-refractivity contribution in [2.45, 2.75) is 6.18 Å². The Morgan fingerprint density at radius 2 is 1.95 bits per heavy atom. The fourth-order valence-electron chi connectivity index (χ4n) is 1.68. The Hall–Kier alpha value is -2.08. The first kappa shape index (κ1) is 14.3. The first-order chi connectivity index (χ1) is 9.29. The molecule has 0 unspecified atom stereocenters. The minimum absolute atomic E-state index is 0.0620. The van der Waals surface area contributed by atoms with Crippen molar-refractivity contribution in [1.82, 2.24) is 4.98 Å². The van der Waals surface area contributed by atoms with Crippen LogP contribution in [0, 0.1) is 0 Å². The van der Waals surface area contributed by atoms with Gasteiger partial charge in [-0.1, -0.05) is 23.7 Å². The van der Waals surface area contributed by atoms with Crippen LogP contribution < -0.4 is 0 Å². The molecular weight excluding hydrogens is 295 g/mol. The Labute approximate surface area is 116 Å². The number of carbonyl (C=O) groups is 1. The van der Waals surface area contributed by atoms with Crippen molar-refractivity contribution in [2.75, 3.05) is 0 Å². The van der Waals surface area contributed by atoms with Crippen LogP contribution in [0.3, 0.4) is 0 Å². The van der Waals surface area contributed by atoms with Crippen LogP contribution in [0.2, 0.25) is 5.02 Å². The zero-order chi connectivity index (χ0) is 14.9. The van der Waals surface area contributed by atoms with Gasteiger partial charge in [-0.05, 0) is 18.2 Å². The molecule has 1 heterocycles. The number of alkyl halides is 3. The van der Waals surface area contributed by atoms with Gasteiger partial charge in [0.25, 0.3) is 0 Å². The molecule has 7 heteroatoms. The molecule has 1 aromatic carbocycles. The van der Waals surface area contributed by atoms with E-state index >= 15 is 0 Å². The van der Waals surface area contributed by atoms with Crippen LogP contribution in [-0.2, 0) is 6.18 Å². The van der Waals surface area contributed by atoms with E-state index in [0.717, 1.165) is 18.2 Å². The number of carboxylic acids is 1. The number of benzene rings is 1.